The number of aryl methyl sites for hydroxylation is 1. The van der Waals surface area contributed by atoms with Crippen molar-refractivity contribution >= 4 is 23.5 Å². The van der Waals surface area contributed by atoms with Crippen molar-refractivity contribution in [2.24, 2.45) is 0 Å². The first kappa shape index (κ1) is 27.2. The number of hydrogen-bond acceptors (Lipinski definition) is 6. The summed E-state index contributed by atoms with van der Waals surface area (Å²) >= 11 is 0. The van der Waals surface area contributed by atoms with Gasteiger partial charge in [0, 0.05) is 19.3 Å². The lowest BCUT2D eigenvalue weighted by atomic mass is 10.0. The molecule has 0 spiro atoms. The molecule has 1 saturated heterocycles. The topological polar surface area (TPSA) is 90.9 Å². The first-order chi connectivity index (χ1) is 17.3. The molecule has 1 unspecified atom stereocenters. The third kappa shape index (κ3) is 6.43. The molecule has 1 N–H and O–H groups in total. The Bertz CT molecular complexity index is 1060. The van der Waals surface area contributed by atoms with Crippen LogP contribution in [-0.4, -0.2) is 62.2 Å². The zero-order valence-electron chi connectivity index (χ0n) is 21.7. The number of esters is 2. The lowest BCUT2D eigenvalue weighted by Crippen LogP contribution is -2.60. The molecule has 8 nitrogen and oxygen atoms in total. The normalized spacial score (nSPS) is 15.1. The van der Waals surface area contributed by atoms with E-state index in [4.69, 9.17) is 14.2 Å². The van der Waals surface area contributed by atoms with Gasteiger partial charge in [-0.1, -0.05) is 37.3 Å². The Hall–Kier alpha value is -3.39. The molecule has 194 valence electrons. The summed E-state index contributed by atoms with van der Waals surface area (Å²) in [6.07, 6.45) is 3.27. The molecule has 0 aliphatic carbocycles. The Balaban J connectivity index is 1.84. The molecule has 1 fully saturated rings. The Labute approximate surface area is 213 Å². The van der Waals surface area contributed by atoms with E-state index < -0.39 is 12.0 Å². The van der Waals surface area contributed by atoms with E-state index >= 15 is 0 Å². The lowest BCUT2D eigenvalue weighted by Gasteiger charge is -2.40. The van der Waals surface area contributed by atoms with Gasteiger partial charge in [-0.05, 0) is 36.6 Å². The molecule has 1 aliphatic heterocycles. The van der Waals surface area contributed by atoms with Crippen molar-refractivity contribution < 1.29 is 33.1 Å². The average molecular weight is 498 g/mol. The number of amides is 1. The van der Waals surface area contributed by atoms with Gasteiger partial charge in [0.1, 0.15) is 12.4 Å². The van der Waals surface area contributed by atoms with Gasteiger partial charge < -0.3 is 24.0 Å². The van der Waals surface area contributed by atoms with E-state index in [1.807, 2.05) is 37.3 Å². The van der Waals surface area contributed by atoms with E-state index in [1.165, 1.54) is 14.2 Å². The van der Waals surface area contributed by atoms with Crippen LogP contribution in [0.4, 0.5) is 5.69 Å². The van der Waals surface area contributed by atoms with Crippen molar-refractivity contribution in [3.8, 4) is 5.75 Å². The van der Waals surface area contributed by atoms with E-state index in [0.29, 0.717) is 27.9 Å². The number of benzene rings is 2. The molecule has 3 rings (SSSR count). The quantitative estimate of drug-likeness (QED) is 0.369. The van der Waals surface area contributed by atoms with Crippen LogP contribution in [0.5, 0.6) is 5.75 Å². The second-order valence-corrected chi connectivity index (χ2v) is 9.33. The summed E-state index contributed by atoms with van der Waals surface area (Å²) in [5.74, 6) is -0.590. The lowest BCUT2D eigenvalue weighted by molar-refractivity contribution is -0.925. The predicted molar refractivity (Wildman–Crippen MR) is 137 cm³/mol. The monoisotopic (exact) mass is 497 g/mol. The second kappa shape index (κ2) is 12.5. The van der Waals surface area contributed by atoms with E-state index in [1.54, 1.807) is 19.1 Å². The van der Waals surface area contributed by atoms with Crippen LogP contribution >= 0.6 is 0 Å². The number of anilines is 1. The van der Waals surface area contributed by atoms with Gasteiger partial charge in [0.25, 0.3) is 5.91 Å². The highest BCUT2D eigenvalue weighted by atomic mass is 16.5. The molecule has 2 aromatic carbocycles. The highest BCUT2D eigenvalue weighted by Crippen LogP contribution is 2.31. The number of quaternary nitrogens is 1. The van der Waals surface area contributed by atoms with Crippen LogP contribution in [-0.2, 0) is 25.7 Å². The van der Waals surface area contributed by atoms with Gasteiger partial charge in [-0.2, -0.15) is 0 Å². The van der Waals surface area contributed by atoms with Crippen molar-refractivity contribution in [2.75, 3.05) is 39.2 Å². The molecule has 8 heteroatoms. The maximum absolute atomic E-state index is 13.8. The van der Waals surface area contributed by atoms with Crippen LogP contribution in [0, 0.1) is 6.92 Å². The molecule has 1 amide bonds. The predicted octanol–water partition coefficient (Wildman–Crippen LogP) is 4.25. The molecule has 1 atom stereocenters. The number of ether oxygens (including phenoxy) is 3. The SMILES string of the molecule is CCCC(C(=O)Nc1c(C)cc(OC)cc1C(=O)OC)[N+]1(CC(=O)OCc2ccccc2)CCCC1. The number of carbonyl (C=O) groups excluding carboxylic acids is 3. The standard InChI is InChI=1S/C28H36N2O6/c1-5-11-24(27(32)29-26-20(2)16-22(34-3)17-23(26)28(33)35-4)30(14-9-10-15-30)18-25(31)36-19-21-12-7-6-8-13-21/h6-8,12-13,16-17,24H,5,9-11,14-15,18-19H2,1-4H3/p+1. The van der Waals surface area contributed by atoms with Crippen LogP contribution in [0.25, 0.3) is 0 Å². The second-order valence-electron chi connectivity index (χ2n) is 9.33. The minimum Gasteiger partial charge on any atom is -0.497 e. The van der Waals surface area contributed by atoms with Crippen LogP contribution in [0.1, 0.15) is 54.1 Å². The van der Waals surface area contributed by atoms with Crippen LogP contribution in [0.2, 0.25) is 0 Å². The summed E-state index contributed by atoms with van der Waals surface area (Å²) in [4.78, 5) is 39.2. The Morgan fingerprint density at radius 1 is 1.06 bits per heavy atom. The zero-order valence-corrected chi connectivity index (χ0v) is 21.7. The summed E-state index contributed by atoms with van der Waals surface area (Å²) in [6, 6.07) is 12.4. The Morgan fingerprint density at radius 3 is 2.36 bits per heavy atom. The fourth-order valence-corrected chi connectivity index (χ4v) is 5.03. The van der Waals surface area contributed by atoms with Crippen molar-refractivity contribution in [3.05, 3.63) is 59.2 Å². The number of nitrogens with zero attached hydrogens (tertiary/aromatic N) is 1. The van der Waals surface area contributed by atoms with Crippen molar-refractivity contribution in [1.29, 1.82) is 0 Å². The zero-order chi connectivity index (χ0) is 26.1. The van der Waals surface area contributed by atoms with Crippen LogP contribution < -0.4 is 10.1 Å². The van der Waals surface area contributed by atoms with E-state index in [0.717, 1.165) is 37.9 Å². The molecule has 0 aromatic heterocycles. The third-order valence-electron chi connectivity index (χ3n) is 6.87. The van der Waals surface area contributed by atoms with Crippen molar-refractivity contribution in [2.45, 2.75) is 52.2 Å². The molecule has 0 radical (unpaired) electrons. The fraction of sp³-hybridized carbons (Fsp3) is 0.464. The smallest absolute Gasteiger partial charge is 0.362 e. The molecular weight excluding hydrogens is 460 g/mol. The summed E-state index contributed by atoms with van der Waals surface area (Å²) in [7, 11) is 2.82. The van der Waals surface area contributed by atoms with Gasteiger partial charge >= 0.3 is 11.9 Å². The maximum Gasteiger partial charge on any atom is 0.362 e. The number of carbonyl (C=O) groups is 3. The third-order valence-corrected chi connectivity index (χ3v) is 6.87. The first-order valence-corrected chi connectivity index (χ1v) is 12.5. The van der Waals surface area contributed by atoms with Gasteiger partial charge in [0.15, 0.2) is 12.6 Å². The number of nitrogens with one attached hydrogen (secondary N) is 1. The van der Waals surface area contributed by atoms with Gasteiger partial charge in [-0.25, -0.2) is 9.59 Å². The summed E-state index contributed by atoms with van der Waals surface area (Å²) in [5, 5.41) is 3.00. The van der Waals surface area contributed by atoms with E-state index in [9.17, 15) is 14.4 Å². The Morgan fingerprint density at radius 2 is 1.75 bits per heavy atom. The first-order valence-electron chi connectivity index (χ1n) is 12.5. The molecule has 0 bridgehead atoms. The van der Waals surface area contributed by atoms with Gasteiger partial charge in [-0.15, -0.1) is 0 Å². The highest BCUT2D eigenvalue weighted by Gasteiger charge is 2.45. The number of methoxy groups -OCH3 is 2. The molecule has 1 aliphatic rings. The molecule has 36 heavy (non-hydrogen) atoms. The highest BCUT2D eigenvalue weighted by molar-refractivity contribution is 6.03. The largest absolute Gasteiger partial charge is 0.497 e. The number of hydrogen-bond donors (Lipinski definition) is 1. The van der Waals surface area contributed by atoms with E-state index in [2.05, 4.69) is 5.32 Å². The summed E-state index contributed by atoms with van der Waals surface area (Å²) < 4.78 is 16.2. The maximum atomic E-state index is 13.8. The Kier molecular flexibility index (Phi) is 9.47. The van der Waals surface area contributed by atoms with Gasteiger partial charge in [0.2, 0.25) is 0 Å². The van der Waals surface area contributed by atoms with Gasteiger partial charge in [0.05, 0.1) is 38.6 Å². The molecule has 1 heterocycles. The van der Waals surface area contributed by atoms with E-state index in [-0.39, 0.29) is 30.6 Å². The summed E-state index contributed by atoms with van der Waals surface area (Å²) in [5.41, 5.74) is 2.24. The summed E-state index contributed by atoms with van der Waals surface area (Å²) in [6.45, 7) is 5.63. The number of likely N-dealkylation sites (tertiary alicyclic amines) is 1. The minimum absolute atomic E-state index is 0.135. The molecule has 2 aromatic rings. The minimum atomic E-state index is -0.561. The average Bonchev–Trinajstić information content (AvgIpc) is 3.35. The molecule has 0 saturated carbocycles. The van der Waals surface area contributed by atoms with Crippen molar-refractivity contribution in [3.63, 3.8) is 0 Å². The van der Waals surface area contributed by atoms with Crippen LogP contribution in [0.15, 0.2) is 42.5 Å². The van der Waals surface area contributed by atoms with Crippen molar-refractivity contribution in [1.82, 2.24) is 0 Å². The van der Waals surface area contributed by atoms with Gasteiger partial charge in [-0.3, -0.25) is 4.79 Å². The fourth-order valence-electron chi connectivity index (χ4n) is 5.03. The van der Waals surface area contributed by atoms with Crippen LogP contribution in [0.3, 0.4) is 0 Å². The molecular formula is C28H37N2O6+. The number of rotatable bonds is 11.